The second-order valence-electron chi connectivity index (χ2n) is 5.29. The maximum Gasteiger partial charge on any atom is 0.263 e. The van der Waals surface area contributed by atoms with Gasteiger partial charge in [-0.25, -0.2) is 4.98 Å². The second kappa shape index (κ2) is 6.85. The van der Waals surface area contributed by atoms with E-state index in [-0.39, 0.29) is 11.3 Å². The number of amides is 1. The fourth-order valence-electron chi connectivity index (χ4n) is 1.38. The quantitative estimate of drug-likeness (QED) is 0.778. The van der Waals surface area contributed by atoms with Gasteiger partial charge >= 0.3 is 0 Å². The number of carbonyl (C=O) groups excluding carboxylic acids is 1. The Morgan fingerprint density at radius 2 is 2.06 bits per heavy atom. The lowest BCUT2D eigenvalue weighted by Crippen LogP contribution is -2.31. The van der Waals surface area contributed by atoms with Crippen LogP contribution in [-0.4, -0.2) is 30.5 Å². The van der Waals surface area contributed by atoms with Gasteiger partial charge in [0.1, 0.15) is 4.88 Å². The lowest BCUT2D eigenvalue weighted by atomic mass is 9.98. The van der Waals surface area contributed by atoms with E-state index >= 15 is 0 Å². The summed E-state index contributed by atoms with van der Waals surface area (Å²) < 4.78 is 0. The van der Waals surface area contributed by atoms with E-state index in [4.69, 9.17) is 0 Å². The van der Waals surface area contributed by atoms with Crippen molar-refractivity contribution in [3.05, 3.63) is 16.1 Å². The fourth-order valence-corrected chi connectivity index (χ4v) is 2.27. The first-order valence-corrected chi connectivity index (χ1v) is 7.22. The second-order valence-corrected chi connectivity index (χ2v) is 6.32. The maximum atomic E-state index is 11.8. The fraction of sp³-hybridized carbons (Fsp3) is 0.692. The predicted octanol–water partition coefficient (Wildman–Crippen LogP) is 2.17. The number of rotatable bonds is 6. The average molecular weight is 269 g/mol. The monoisotopic (exact) mass is 269 g/mol. The first-order chi connectivity index (χ1) is 8.45. The molecule has 0 radical (unpaired) electrons. The molecule has 5 heteroatoms. The van der Waals surface area contributed by atoms with Crippen LogP contribution in [0.15, 0.2) is 6.20 Å². The van der Waals surface area contributed by atoms with E-state index in [0.29, 0.717) is 11.4 Å². The SMILES string of the molecule is CCCNCCNC(=O)c1cnc(C(C)(C)C)s1. The van der Waals surface area contributed by atoms with Crippen LogP contribution in [-0.2, 0) is 5.41 Å². The predicted molar refractivity (Wildman–Crippen MR) is 76.3 cm³/mol. The third kappa shape index (κ3) is 4.74. The Morgan fingerprint density at radius 3 is 2.61 bits per heavy atom. The third-order valence-electron chi connectivity index (χ3n) is 2.39. The Balaban J connectivity index is 2.40. The molecular weight excluding hydrogens is 246 g/mol. The Hall–Kier alpha value is -0.940. The Bertz CT molecular complexity index is 382. The van der Waals surface area contributed by atoms with E-state index in [1.54, 1.807) is 6.20 Å². The maximum absolute atomic E-state index is 11.8. The highest BCUT2D eigenvalue weighted by Crippen LogP contribution is 2.26. The van der Waals surface area contributed by atoms with Crippen molar-refractivity contribution >= 4 is 17.2 Å². The van der Waals surface area contributed by atoms with Crippen LogP contribution in [0, 0.1) is 0 Å². The van der Waals surface area contributed by atoms with E-state index in [9.17, 15) is 4.79 Å². The molecule has 1 amide bonds. The van der Waals surface area contributed by atoms with Crippen LogP contribution >= 0.6 is 11.3 Å². The minimum atomic E-state index is -0.0266. The van der Waals surface area contributed by atoms with Crippen LogP contribution in [0.25, 0.3) is 0 Å². The summed E-state index contributed by atoms with van der Waals surface area (Å²) in [6.07, 6.45) is 2.78. The van der Waals surface area contributed by atoms with E-state index < -0.39 is 0 Å². The molecule has 1 heterocycles. The molecule has 0 atom stereocenters. The van der Waals surface area contributed by atoms with Gasteiger partial charge in [0.2, 0.25) is 0 Å². The van der Waals surface area contributed by atoms with Crippen LogP contribution in [0.4, 0.5) is 0 Å². The molecule has 0 unspecified atom stereocenters. The smallest absolute Gasteiger partial charge is 0.263 e. The van der Waals surface area contributed by atoms with Crippen LogP contribution in [0.3, 0.4) is 0 Å². The minimum Gasteiger partial charge on any atom is -0.350 e. The summed E-state index contributed by atoms with van der Waals surface area (Å²) in [4.78, 5) is 16.8. The number of nitrogens with zero attached hydrogens (tertiary/aromatic N) is 1. The van der Waals surface area contributed by atoms with Crippen LogP contribution in [0.2, 0.25) is 0 Å². The number of hydrogen-bond acceptors (Lipinski definition) is 4. The molecule has 18 heavy (non-hydrogen) atoms. The Kier molecular flexibility index (Phi) is 5.75. The summed E-state index contributed by atoms with van der Waals surface area (Å²) >= 11 is 1.47. The van der Waals surface area contributed by atoms with Crippen molar-refractivity contribution in [3.63, 3.8) is 0 Å². The van der Waals surface area contributed by atoms with Gasteiger partial charge in [0.05, 0.1) is 11.2 Å². The zero-order chi connectivity index (χ0) is 13.6. The number of thiazole rings is 1. The molecular formula is C13H23N3OS. The van der Waals surface area contributed by atoms with Crippen molar-refractivity contribution in [1.29, 1.82) is 0 Å². The van der Waals surface area contributed by atoms with Gasteiger partial charge in [-0.1, -0.05) is 27.7 Å². The number of carbonyl (C=O) groups is 1. The molecule has 0 aliphatic rings. The molecule has 1 rings (SSSR count). The molecule has 0 aromatic carbocycles. The van der Waals surface area contributed by atoms with Crippen molar-refractivity contribution in [2.45, 2.75) is 39.5 Å². The minimum absolute atomic E-state index is 0.00583. The summed E-state index contributed by atoms with van der Waals surface area (Å²) in [5.41, 5.74) is 0.00583. The van der Waals surface area contributed by atoms with E-state index in [1.807, 2.05) is 0 Å². The highest BCUT2D eigenvalue weighted by molar-refractivity contribution is 7.13. The number of hydrogen-bond donors (Lipinski definition) is 2. The molecule has 1 aromatic heterocycles. The highest BCUT2D eigenvalue weighted by atomic mass is 32.1. The highest BCUT2D eigenvalue weighted by Gasteiger charge is 2.19. The van der Waals surface area contributed by atoms with Crippen molar-refractivity contribution in [2.24, 2.45) is 0 Å². The zero-order valence-corrected chi connectivity index (χ0v) is 12.5. The van der Waals surface area contributed by atoms with Crippen molar-refractivity contribution in [1.82, 2.24) is 15.6 Å². The molecule has 0 spiro atoms. The van der Waals surface area contributed by atoms with Gasteiger partial charge in [-0.3, -0.25) is 4.79 Å². The largest absolute Gasteiger partial charge is 0.350 e. The molecule has 1 aromatic rings. The number of nitrogens with one attached hydrogen (secondary N) is 2. The van der Waals surface area contributed by atoms with Crippen molar-refractivity contribution in [2.75, 3.05) is 19.6 Å². The first kappa shape index (κ1) is 15.1. The standard InChI is InChI=1S/C13H23N3OS/c1-5-6-14-7-8-15-11(17)10-9-16-12(18-10)13(2,3)4/h9,14H,5-8H2,1-4H3,(H,15,17). The van der Waals surface area contributed by atoms with Gasteiger partial charge in [0.15, 0.2) is 0 Å². The normalized spacial score (nSPS) is 11.6. The molecule has 102 valence electrons. The molecule has 0 fully saturated rings. The Morgan fingerprint density at radius 1 is 1.33 bits per heavy atom. The molecule has 0 saturated carbocycles. The number of aromatic nitrogens is 1. The van der Waals surface area contributed by atoms with Crippen LogP contribution in [0.1, 0.15) is 48.8 Å². The van der Waals surface area contributed by atoms with Crippen molar-refractivity contribution in [3.8, 4) is 0 Å². The van der Waals surface area contributed by atoms with Crippen LogP contribution in [0.5, 0.6) is 0 Å². The molecule has 4 nitrogen and oxygen atoms in total. The Labute approximate surface area is 113 Å². The summed E-state index contributed by atoms with van der Waals surface area (Å²) in [7, 11) is 0. The summed E-state index contributed by atoms with van der Waals surface area (Å²) in [6.45, 7) is 10.9. The van der Waals surface area contributed by atoms with Crippen molar-refractivity contribution < 1.29 is 4.79 Å². The molecule has 0 saturated heterocycles. The summed E-state index contributed by atoms with van der Waals surface area (Å²) in [5, 5.41) is 7.13. The lowest BCUT2D eigenvalue weighted by molar-refractivity contribution is 0.0958. The lowest BCUT2D eigenvalue weighted by Gasteiger charge is -2.13. The van der Waals surface area contributed by atoms with Gasteiger partial charge in [0, 0.05) is 18.5 Å². The summed E-state index contributed by atoms with van der Waals surface area (Å²) in [6, 6.07) is 0. The zero-order valence-electron chi connectivity index (χ0n) is 11.7. The van der Waals surface area contributed by atoms with Crippen LogP contribution < -0.4 is 10.6 Å². The molecule has 0 aliphatic carbocycles. The van der Waals surface area contributed by atoms with Gasteiger partial charge in [0.25, 0.3) is 5.91 Å². The summed E-state index contributed by atoms with van der Waals surface area (Å²) in [5.74, 6) is -0.0266. The topological polar surface area (TPSA) is 54.0 Å². The molecule has 0 aliphatic heterocycles. The van der Waals surface area contributed by atoms with Gasteiger partial charge in [-0.15, -0.1) is 11.3 Å². The van der Waals surface area contributed by atoms with E-state index in [0.717, 1.165) is 24.5 Å². The van der Waals surface area contributed by atoms with E-state index in [1.165, 1.54) is 11.3 Å². The van der Waals surface area contributed by atoms with Gasteiger partial charge in [-0.05, 0) is 13.0 Å². The van der Waals surface area contributed by atoms with Gasteiger partial charge in [-0.2, -0.15) is 0 Å². The molecule has 2 N–H and O–H groups in total. The first-order valence-electron chi connectivity index (χ1n) is 6.40. The third-order valence-corrected chi connectivity index (χ3v) is 3.81. The van der Waals surface area contributed by atoms with E-state index in [2.05, 4.69) is 43.3 Å². The average Bonchev–Trinajstić information content (AvgIpc) is 2.77. The molecule has 0 bridgehead atoms. The van der Waals surface area contributed by atoms with Gasteiger partial charge < -0.3 is 10.6 Å².